The summed E-state index contributed by atoms with van der Waals surface area (Å²) in [6.07, 6.45) is 2.98. The summed E-state index contributed by atoms with van der Waals surface area (Å²) in [7, 11) is 1.68. The lowest BCUT2D eigenvalue weighted by Gasteiger charge is -2.04. The summed E-state index contributed by atoms with van der Waals surface area (Å²) in [5, 5.41) is 4.15. The molecule has 2 aromatic rings. The number of methoxy groups -OCH3 is 1. The number of nitrogens with two attached hydrogens (primary N) is 1. The molecule has 0 atom stereocenters. The van der Waals surface area contributed by atoms with Crippen LogP contribution in [-0.2, 0) is 6.54 Å². The maximum absolute atomic E-state index is 5.55. The van der Waals surface area contributed by atoms with Crippen molar-refractivity contribution in [3.05, 3.63) is 36.5 Å². The predicted molar refractivity (Wildman–Crippen MR) is 75.0 cm³/mol. The Kier molecular flexibility index (Phi) is 4.52. The van der Waals surface area contributed by atoms with Gasteiger partial charge in [0.15, 0.2) is 0 Å². The molecule has 0 amide bonds. The van der Waals surface area contributed by atoms with Crippen LogP contribution in [0.3, 0.4) is 0 Å². The molecule has 0 aliphatic heterocycles. The van der Waals surface area contributed by atoms with E-state index in [2.05, 4.69) is 17.2 Å². The van der Waals surface area contributed by atoms with E-state index in [-0.39, 0.29) is 0 Å². The molecule has 18 heavy (non-hydrogen) atoms. The van der Waals surface area contributed by atoms with Gasteiger partial charge in [-0.05, 0) is 42.5 Å². The zero-order chi connectivity index (χ0) is 12.8. The fourth-order valence-corrected chi connectivity index (χ4v) is 2.43. The molecule has 0 bridgehead atoms. The zero-order valence-corrected chi connectivity index (χ0v) is 11.2. The lowest BCUT2D eigenvalue weighted by molar-refractivity contribution is 0.414. The quantitative estimate of drug-likeness (QED) is 0.643. The third-order valence-electron chi connectivity index (χ3n) is 2.52. The van der Waals surface area contributed by atoms with Gasteiger partial charge in [0, 0.05) is 17.6 Å². The van der Waals surface area contributed by atoms with Crippen LogP contribution >= 0.6 is 11.8 Å². The summed E-state index contributed by atoms with van der Waals surface area (Å²) in [6.45, 7) is 0.903. The van der Waals surface area contributed by atoms with Crippen LogP contribution in [0.25, 0.3) is 0 Å². The summed E-state index contributed by atoms with van der Waals surface area (Å²) in [6, 6.07) is 9.94. The number of anilines is 1. The van der Waals surface area contributed by atoms with Gasteiger partial charge in [-0.2, -0.15) is 5.10 Å². The highest BCUT2D eigenvalue weighted by Crippen LogP contribution is 2.21. The van der Waals surface area contributed by atoms with E-state index in [1.54, 1.807) is 7.11 Å². The molecule has 4 nitrogen and oxygen atoms in total. The van der Waals surface area contributed by atoms with Crippen molar-refractivity contribution in [1.82, 2.24) is 9.78 Å². The maximum Gasteiger partial charge on any atom is 0.145 e. The molecule has 0 aliphatic rings. The predicted octanol–water partition coefficient (Wildman–Crippen LogP) is 2.66. The molecule has 0 aliphatic carbocycles. The first-order valence-corrected chi connectivity index (χ1v) is 6.82. The molecule has 5 heteroatoms. The van der Waals surface area contributed by atoms with Gasteiger partial charge in [-0.1, -0.05) is 0 Å². The van der Waals surface area contributed by atoms with Crippen LogP contribution in [0.2, 0.25) is 0 Å². The highest BCUT2D eigenvalue weighted by Gasteiger charge is 1.97. The Morgan fingerprint density at radius 3 is 2.67 bits per heavy atom. The number of aryl methyl sites for hydroxylation is 1. The molecule has 0 saturated carbocycles. The molecule has 0 saturated heterocycles. The number of nitrogens with zero attached hydrogens (tertiary/aromatic N) is 2. The van der Waals surface area contributed by atoms with Crippen LogP contribution in [0.4, 0.5) is 5.82 Å². The van der Waals surface area contributed by atoms with Crippen molar-refractivity contribution in [1.29, 1.82) is 0 Å². The van der Waals surface area contributed by atoms with Crippen LogP contribution in [0.1, 0.15) is 6.42 Å². The van der Waals surface area contributed by atoms with Crippen molar-refractivity contribution in [2.45, 2.75) is 17.9 Å². The molecule has 1 aromatic heterocycles. The Morgan fingerprint density at radius 1 is 1.28 bits per heavy atom. The van der Waals surface area contributed by atoms with Gasteiger partial charge in [0.2, 0.25) is 0 Å². The van der Waals surface area contributed by atoms with E-state index in [0.29, 0.717) is 5.82 Å². The first-order valence-electron chi connectivity index (χ1n) is 5.84. The first-order chi connectivity index (χ1) is 8.78. The average molecular weight is 263 g/mol. The van der Waals surface area contributed by atoms with Crippen LogP contribution in [-0.4, -0.2) is 22.6 Å². The van der Waals surface area contributed by atoms with Gasteiger partial charge < -0.3 is 10.5 Å². The molecule has 0 fully saturated rings. The number of rotatable bonds is 6. The molecular weight excluding hydrogens is 246 g/mol. The van der Waals surface area contributed by atoms with Crippen molar-refractivity contribution >= 4 is 17.6 Å². The van der Waals surface area contributed by atoms with Crippen LogP contribution in [0, 0.1) is 0 Å². The molecule has 0 unspecified atom stereocenters. The van der Waals surface area contributed by atoms with E-state index in [1.165, 1.54) is 4.90 Å². The van der Waals surface area contributed by atoms with Crippen molar-refractivity contribution in [3.63, 3.8) is 0 Å². The average Bonchev–Trinajstić information content (AvgIpc) is 2.81. The SMILES string of the molecule is COc1ccc(SCCCn2ccc(N)n2)cc1. The summed E-state index contributed by atoms with van der Waals surface area (Å²) in [4.78, 5) is 1.26. The normalized spacial score (nSPS) is 10.5. The lowest BCUT2D eigenvalue weighted by Crippen LogP contribution is -2.00. The fourth-order valence-electron chi connectivity index (χ4n) is 1.59. The second-order valence-electron chi connectivity index (χ2n) is 3.88. The molecule has 0 spiro atoms. The highest BCUT2D eigenvalue weighted by molar-refractivity contribution is 7.99. The Morgan fingerprint density at radius 2 is 2.06 bits per heavy atom. The third-order valence-corrected chi connectivity index (χ3v) is 3.62. The Balaban J connectivity index is 1.71. The van der Waals surface area contributed by atoms with Gasteiger partial charge in [0.05, 0.1) is 7.11 Å². The number of aromatic nitrogens is 2. The zero-order valence-electron chi connectivity index (χ0n) is 10.4. The molecule has 2 N–H and O–H groups in total. The van der Waals surface area contributed by atoms with Gasteiger partial charge in [-0.25, -0.2) is 0 Å². The van der Waals surface area contributed by atoms with Gasteiger partial charge in [-0.15, -0.1) is 11.8 Å². The van der Waals surface area contributed by atoms with E-state index in [4.69, 9.17) is 10.5 Å². The standard InChI is InChI=1S/C13H17N3OS/c1-17-11-3-5-12(6-4-11)18-10-2-8-16-9-7-13(14)15-16/h3-7,9H,2,8,10H2,1H3,(H2,14,15). The second-order valence-corrected chi connectivity index (χ2v) is 5.05. The number of hydrogen-bond acceptors (Lipinski definition) is 4. The number of ether oxygens (including phenoxy) is 1. The summed E-state index contributed by atoms with van der Waals surface area (Å²) >= 11 is 1.84. The minimum atomic E-state index is 0.581. The largest absolute Gasteiger partial charge is 0.497 e. The minimum Gasteiger partial charge on any atom is -0.497 e. The Labute approximate surface area is 111 Å². The molecular formula is C13H17N3OS. The molecule has 2 rings (SSSR count). The van der Waals surface area contributed by atoms with E-state index in [9.17, 15) is 0 Å². The molecule has 1 aromatic carbocycles. The number of thioether (sulfide) groups is 1. The van der Waals surface area contributed by atoms with Crippen LogP contribution in [0.15, 0.2) is 41.4 Å². The number of nitrogen functional groups attached to an aromatic ring is 1. The third kappa shape index (κ3) is 3.70. The van der Waals surface area contributed by atoms with E-state index in [0.717, 1.165) is 24.5 Å². The van der Waals surface area contributed by atoms with Crippen LogP contribution in [0.5, 0.6) is 5.75 Å². The van der Waals surface area contributed by atoms with Gasteiger partial charge >= 0.3 is 0 Å². The maximum atomic E-state index is 5.55. The van der Waals surface area contributed by atoms with Gasteiger partial charge in [0.25, 0.3) is 0 Å². The summed E-state index contributed by atoms with van der Waals surface area (Å²) < 4.78 is 7.00. The molecule has 96 valence electrons. The Bertz CT molecular complexity index is 481. The minimum absolute atomic E-state index is 0.581. The number of hydrogen-bond donors (Lipinski definition) is 1. The van der Waals surface area contributed by atoms with Crippen molar-refractivity contribution < 1.29 is 4.74 Å². The second kappa shape index (κ2) is 6.35. The topological polar surface area (TPSA) is 53.1 Å². The molecule has 1 heterocycles. The monoisotopic (exact) mass is 263 g/mol. The summed E-state index contributed by atoms with van der Waals surface area (Å²) in [5.74, 6) is 2.54. The lowest BCUT2D eigenvalue weighted by atomic mass is 10.3. The van der Waals surface area contributed by atoms with Crippen LogP contribution < -0.4 is 10.5 Å². The Hall–Kier alpha value is -1.62. The van der Waals surface area contributed by atoms with E-state index >= 15 is 0 Å². The van der Waals surface area contributed by atoms with Crippen molar-refractivity contribution in [3.8, 4) is 5.75 Å². The van der Waals surface area contributed by atoms with Gasteiger partial charge in [-0.3, -0.25) is 4.68 Å². The van der Waals surface area contributed by atoms with E-state index in [1.807, 2.05) is 40.8 Å². The van der Waals surface area contributed by atoms with Crippen molar-refractivity contribution in [2.75, 3.05) is 18.6 Å². The molecule has 0 radical (unpaired) electrons. The fraction of sp³-hybridized carbons (Fsp3) is 0.308. The number of benzene rings is 1. The summed E-state index contributed by atoms with van der Waals surface area (Å²) in [5.41, 5.74) is 5.55. The van der Waals surface area contributed by atoms with E-state index < -0.39 is 0 Å². The smallest absolute Gasteiger partial charge is 0.145 e. The van der Waals surface area contributed by atoms with Gasteiger partial charge in [0.1, 0.15) is 11.6 Å². The highest BCUT2D eigenvalue weighted by atomic mass is 32.2. The first kappa shape index (κ1) is 12.8. The van der Waals surface area contributed by atoms with Crippen molar-refractivity contribution in [2.24, 2.45) is 0 Å².